The molecule has 28 heavy (non-hydrogen) atoms. The van der Waals surface area contributed by atoms with Crippen molar-refractivity contribution in [2.75, 3.05) is 26.1 Å². The summed E-state index contributed by atoms with van der Waals surface area (Å²) in [6, 6.07) is 13.4. The third kappa shape index (κ3) is 3.96. The van der Waals surface area contributed by atoms with Gasteiger partial charge in [-0.1, -0.05) is 30.3 Å². The molecule has 2 atom stereocenters. The molecular weight excluding hydrogens is 356 g/mol. The van der Waals surface area contributed by atoms with Crippen molar-refractivity contribution in [2.24, 2.45) is 5.92 Å². The molecule has 2 amide bonds. The molecule has 0 unspecified atom stereocenters. The van der Waals surface area contributed by atoms with Crippen LogP contribution in [-0.4, -0.2) is 37.5 Å². The lowest BCUT2D eigenvalue weighted by Gasteiger charge is -2.25. The molecule has 1 N–H and O–H groups in total. The number of rotatable bonds is 6. The highest BCUT2D eigenvalue weighted by Crippen LogP contribution is 2.34. The first-order valence-electron chi connectivity index (χ1n) is 9.32. The van der Waals surface area contributed by atoms with Gasteiger partial charge in [-0.3, -0.25) is 9.59 Å². The second-order valence-corrected chi connectivity index (χ2v) is 7.05. The van der Waals surface area contributed by atoms with Crippen molar-refractivity contribution >= 4 is 17.5 Å². The highest BCUT2D eigenvalue weighted by atomic mass is 16.5. The van der Waals surface area contributed by atoms with Crippen molar-refractivity contribution in [3.05, 3.63) is 53.6 Å². The lowest BCUT2D eigenvalue weighted by molar-refractivity contribution is -0.129. The fraction of sp³-hybridized carbons (Fsp3) is 0.364. The van der Waals surface area contributed by atoms with Crippen LogP contribution in [0.5, 0.6) is 11.5 Å². The third-order valence-corrected chi connectivity index (χ3v) is 5.27. The molecule has 0 aromatic heterocycles. The molecule has 1 aliphatic heterocycles. The van der Waals surface area contributed by atoms with Gasteiger partial charge in [-0.05, 0) is 31.0 Å². The number of hydrogen-bond donors (Lipinski definition) is 1. The quantitative estimate of drug-likeness (QED) is 0.829. The maximum absolute atomic E-state index is 12.8. The summed E-state index contributed by atoms with van der Waals surface area (Å²) >= 11 is 0. The Morgan fingerprint density at radius 2 is 1.79 bits per heavy atom. The van der Waals surface area contributed by atoms with E-state index in [0.717, 1.165) is 11.1 Å². The molecule has 0 aliphatic carbocycles. The van der Waals surface area contributed by atoms with E-state index in [2.05, 4.69) is 5.32 Å². The van der Waals surface area contributed by atoms with Gasteiger partial charge in [-0.25, -0.2) is 0 Å². The van der Waals surface area contributed by atoms with Gasteiger partial charge >= 0.3 is 0 Å². The lowest BCUT2D eigenvalue weighted by atomic mass is 10.1. The van der Waals surface area contributed by atoms with Crippen LogP contribution in [0.15, 0.2) is 42.5 Å². The van der Waals surface area contributed by atoms with E-state index in [-0.39, 0.29) is 30.2 Å². The molecule has 0 spiro atoms. The number of carbonyl (C=O) groups is 2. The molecular formula is C22H26N2O4. The Kier molecular flexibility index (Phi) is 5.87. The smallest absolute Gasteiger partial charge is 0.229 e. The van der Waals surface area contributed by atoms with Gasteiger partial charge < -0.3 is 19.7 Å². The predicted molar refractivity (Wildman–Crippen MR) is 108 cm³/mol. The van der Waals surface area contributed by atoms with Crippen molar-refractivity contribution < 1.29 is 19.1 Å². The molecule has 1 fully saturated rings. The van der Waals surface area contributed by atoms with Gasteiger partial charge in [-0.15, -0.1) is 0 Å². The summed E-state index contributed by atoms with van der Waals surface area (Å²) in [5.41, 5.74) is 2.59. The average molecular weight is 382 g/mol. The van der Waals surface area contributed by atoms with Crippen molar-refractivity contribution in [1.29, 1.82) is 0 Å². The van der Waals surface area contributed by atoms with Gasteiger partial charge in [-0.2, -0.15) is 0 Å². The predicted octanol–water partition coefficient (Wildman–Crippen LogP) is 3.56. The number of nitrogens with one attached hydrogen (secondary N) is 1. The number of benzene rings is 2. The van der Waals surface area contributed by atoms with Gasteiger partial charge in [0.15, 0.2) is 11.5 Å². The minimum atomic E-state index is -0.383. The van der Waals surface area contributed by atoms with Crippen molar-refractivity contribution in [3.63, 3.8) is 0 Å². The maximum Gasteiger partial charge on any atom is 0.229 e. The molecule has 1 saturated heterocycles. The zero-order chi connectivity index (χ0) is 20.3. The first-order chi connectivity index (χ1) is 13.4. The summed E-state index contributed by atoms with van der Waals surface area (Å²) in [5, 5.41) is 2.94. The zero-order valence-electron chi connectivity index (χ0n) is 16.7. The van der Waals surface area contributed by atoms with E-state index in [4.69, 9.17) is 9.47 Å². The number of aryl methyl sites for hydroxylation is 1. The summed E-state index contributed by atoms with van der Waals surface area (Å²) in [7, 11) is 3.12. The molecule has 3 rings (SSSR count). The Balaban J connectivity index is 1.72. The molecule has 2 aromatic carbocycles. The molecule has 2 aromatic rings. The largest absolute Gasteiger partial charge is 0.493 e. The highest BCUT2D eigenvalue weighted by Gasteiger charge is 2.37. The Bertz CT molecular complexity index is 866. The van der Waals surface area contributed by atoms with Crippen molar-refractivity contribution in [1.82, 2.24) is 4.90 Å². The van der Waals surface area contributed by atoms with Crippen LogP contribution in [0, 0.1) is 12.8 Å². The van der Waals surface area contributed by atoms with Crippen LogP contribution in [-0.2, 0) is 9.59 Å². The van der Waals surface area contributed by atoms with E-state index < -0.39 is 0 Å². The molecule has 0 bridgehead atoms. The summed E-state index contributed by atoms with van der Waals surface area (Å²) in [6.07, 6.45) is 0.218. The first kappa shape index (κ1) is 19.7. The summed E-state index contributed by atoms with van der Waals surface area (Å²) in [5.74, 6) is 0.611. The maximum atomic E-state index is 12.8. The highest BCUT2D eigenvalue weighted by molar-refractivity contribution is 5.98. The lowest BCUT2D eigenvalue weighted by Crippen LogP contribution is -2.30. The fourth-order valence-electron chi connectivity index (χ4n) is 3.54. The SMILES string of the molecule is COc1cc(C)c(NC(=O)[C@@H]2CC(=O)N([C@@H](C)c3ccccc3)C2)cc1OC. The van der Waals surface area contributed by atoms with Gasteiger partial charge in [0.25, 0.3) is 0 Å². The zero-order valence-corrected chi connectivity index (χ0v) is 16.7. The topological polar surface area (TPSA) is 67.9 Å². The Hall–Kier alpha value is -3.02. The number of amides is 2. The number of nitrogens with zero attached hydrogens (tertiary/aromatic N) is 1. The van der Waals surface area contributed by atoms with Crippen LogP contribution in [0.1, 0.15) is 30.5 Å². The Labute approximate surface area is 165 Å². The molecule has 148 valence electrons. The normalized spacial score (nSPS) is 17.4. The molecule has 0 radical (unpaired) electrons. The van der Waals surface area contributed by atoms with Gasteiger partial charge in [0.1, 0.15) is 0 Å². The summed E-state index contributed by atoms with van der Waals surface area (Å²) < 4.78 is 10.6. The van der Waals surface area contributed by atoms with E-state index in [1.165, 1.54) is 0 Å². The summed E-state index contributed by atoms with van der Waals surface area (Å²) in [6.45, 7) is 4.29. The average Bonchev–Trinajstić information content (AvgIpc) is 3.11. The first-order valence-corrected chi connectivity index (χ1v) is 9.32. The Morgan fingerprint density at radius 1 is 1.14 bits per heavy atom. The molecule has 0 saturated carbocycles. The number of anilines is 1. The number of hydrogen-bond acceptors (Lipinski definition) is 4. The van der Waals surface area contributed by atoms with Gasteiger partial charge in [0, 0.05) is 24.7 Å². The monoisotopic (exact) mass is 382 g/mol. The van der Waals surface area contributed by atoms with Crippen LogP contribution < -0.4 is 14.8 Å². The van der Waals surface area contributed by atoms with E-state index in [1.54, 1.807) is 25.2 Å². The van der Waals surface area contributed by atoms with Crippen molar-refractivity contribution in [2.45, 2.75) is 26.3 Å². The van der Waals surface area contributed by atoms with Crippen LogP contribution >= 0.6 is 0 Å². The molecule has 1 heterocycles. The second-order valence-electron chi connectivity index (χ2n) is 7.05. The van der Waals surface area contributed by atoms with Crippen LogP contribution in [0.3, 0.4) is 0 Å². The summed E-state index contributed by atoms with van der Waals surface area (Å²) in [4.78, 5) is 27.1. The van der Waals surface area contributed by atoms with Crippen LogP contribution in [0.4, 0.5) is 5.69 Å². The molecule has 1 aliphatic rings. The molecule has 6 nitrogen and oxygen atoms in total. The van der Waals surface area contributed by atoms with Gasteiger partial charge in [0.2, 0.25) is 11.8 Å². The number of ether oxygens (including phenoxy) is 2. The fourth-order valence-corrected chi connectivity index (χ4v) is 3.54. The van der Waals surface area contributed by atoms with Crippen LogP contribution in [0.25, 0.3) is 0 Å². The third-order valence-electron chi connectivity index (χ3n) is 5.27. The number of carbonyl (C=O) groups excluding carboxylic acids is 2. The number of likely N-dealkylation sites (tertiary alicyclic amines) is 1. The van der Waals surface area contributed by atoms with Crippen LogP contribution in [0.2, 0.25) is 0 Å². The van der Waals surface area contributed by atoms with E-state index in [0.29, 0.717) is 23.7 Å². The second kappa shape index (κ2) is 8.33. The standard InChI is InChI=1S/C22H26N2O4/c1-14-10-19(27-3)20(28-4)12-18(14)23-22(26)17-11-21(25)24(13-17)15(2)16-8-6-5-7-9-16/h5-10,12,15,17H,11,13H2,1-4H3,(H,23,26)/t15-,17+/m0/s1. The minimum Gasteiger partial charge on any atom is -0.493 e. The van der Waals surface area contributed by atoms with E-state index in [9.17, 15) is 9.59 Å². The minimum absolute atomic E-state index is 0.000497. The van der Waals surface area contributed by atoms with Crippen molar-refractivity contribution in [3.8, 4) is 11.5 Å². The molecule has 6 heteroatoms. The Morgan fingerprint density at radius 3 is 2.43 bits per heavy atom. The van der Waals surface area contributed by atoms with Gasteiger partial charge in [0.05, 0.1) is 26.2 Å². The van der Waals surface area contributed by atoms with E-state index in [1.807, 2.05) is 50.2 Å². The van der Waals surface area contributed by atoms with E-state index >= 15 is 0 Å². The number of methoxy groups -OCH3 is 2.